The SMILES string of the molecule is CCCCCCCCCOc1ccc(-c2ccc(-c3ccc(C4CCC(CCC)CC4)c(F)c3F)cc2)c(F)c1F. The van der Waals surface area contributed by atoms with Crippen molar-refractivity contribution in [3.05, 3.63) is 77.4 Å². The van der Waals surface area contributed by atoms with Crippen LogP contribution in [0, 0.1) is 29.2 Å². The van der Waals surface area contributed by atoms with E-state index >= 15 is 8.78 Å². The summed E-state index contributed by atoms with van der Waals surface area (Å²) < 4.78 is 65.6. The third kappa shape index (κ3) is 7.93. The highest BCUT2D eigenvalue weighted by atomic mass is 19.2. The lowest BCUT2D eigenvalue weighted by atomic mass is 9.77. The highest BCUT2D eigenvalue weighted by Crippen LogP contribution is 2.40. The Bertz CT molecular complexity index is 1250. The fourth-order valence-corrected chi connectivity index (χ4v) is 6.21. The van der Waals surface area contributed by atoms with Crippen LogP contribution in [0.1, 0.15) is 109 Å². The first kappa shape index (κ1) is 31.1. The van der Waals surface area contributed by atoms with Crippen molar-refractivity contribution in [3.63, 3.8) is 0 Å². The standard InChI is InChI=1S/C36H44F4O/c1-3-5-6-7-8-9-10-24-41-32-23-22-31(35(39)36(32)40)28-18-16-27(17-19-28)30-21-20-29(33(37)34(30)38)26-14-12-25(11-4-2)13-15-26/h16-23,25-26H,3-15,24H2,1-2H3. The van der Waals surface area contributed by atoms with Crippen LogP contribution in [0.3, 0.4) is 0 Å². The zero-order valence-electron chi connectivity index (χ0n) is 24.6. The van der Waals surface area contributed by atoms with E-state index < -0.39 is 23.3 Å². The molecule has 5 heteroatoms. The Morgan fingerprint density at radius 2 is 1.15 bits per heavy atom. The lowest BCUT2D eigenvalue weighted by Gasteiger charge is -2.29. The highest BCUT2D eigenvalue weighted by molar-refractivity contribution is 5.72. The smallest absolute Gasteiger partial charge is 0.201 e. The molecule has 0 aliphatic heterocycles. The van der Waals surface area contributed by atoms with Crippen LogP contribution in [0.25, 0.3) is 22.3 Å². The lowest BCUT2D eigenvalue weighted by Crippen LogP contribution is -2.14. The van der Waals surface area contributed by atoms with Crippen LogP contribution in [0.2, 0.25) is 0 Å². The van der Waals surface area contributed by atoms with Gasteiger partial charge in [0.1, 0.15) is 0 Å². The molecule has 3 aromatic carbocycles. The molecule has 0 spiro atoms. The monoisotopic (exact) mass is 568 g/mol. The van der Waals surface area contributed by atoms with Crippen LogP contribution >= 0.6 is 0 Å². The van der Waals surface area contributed by atoms with Crippen molar-refractivity contribution in [2.75, 3.05) is 6.61 Å². The Morgan fingerprint density at radius 1 is 0.585 bits per heavy atom. The molecule has 0 atom stereocenters. The van der Waals surface area contributed by atoms with E-state index in [1.165, 1.54) is 44.2 Å². The molecule has 0 heterocycles. The van der Waals surface area contributed by atoms with E-state index in [0.717, 1.165) is 51.4 Å². The van der Waals surface area contributed by atoms with E-state index in [1.54, 1.807) is 36.4 Å². The largest absolute Gasteiger partial charge is 0.490 e. The van der Waals surface area contributed by atoms with Crippen molar-refractivity contribution in [2.45, 2.75) is 103 Å². The molecule has 0 saturated heterocycles. The molecule has 1 aliphatic rings. The summed E-state index contributed by atoms with van der Waals surface area (Å²) in [7, 11) is 0. The minimum Gasteiger partial charge on any atom is -0.490 e. The van der Waals surface area contributed by atoms with Gasteiger partial charge in [-0.1, -0.05) is 102 Å². The minimum atomic E-state index is -1.01. The summed E-state index contributed by atoms with van der Waals surface area (Å²) in [5.74, 6) is -2.97. The first-order valence-corrected chi connectivity index (χ1v) is 15.6. The first-order chi connectivity index (χ1) is 19.9. The summed E-state index contributed by atoms with van der Waals surface area (Å²) in [5, 5.41) is 0. The highest BCUT2D eigenvalue weighted by Gasteiger charge is 2.26. The van der Waals surface area contributed by atoms with E-state index in [-0.39, 0.29) is 22.8 Å². The number of rotatable bonds is 14. The summed E-state index contributed by atoms with van der Waals surface area (Å²) in [6.07, 6.45) is 14.1. The van der Waals surface area contributed by atoms with Gasteiger partial charge in [0, 0.05) is 11.1 Å². The average Bonchev–Trinajstić information content (AvgIpc) is 2.99. The Labute approximate surface area is 243 Å². The van der Waals surface area contributed by atoms with Crippen molar-refractivity contribution in [2.24, 2.45) is 5.92 Å². The molecule has 1 aliphatic carbocycles. The van der Waals surface area contributed by atoms with Gasteiger partial charge >= 0.3 is 0 Å². The third-order valence-corrected chi connectivity index (χ3v) is 8.65. The van der Waals surface area contributed by atoms with Crippen LogP contribution in [0.15, 0.2) is 48.5 Å². The van der Waals surface area contributed by atoms with Crippen LogP contribution in [-0.4, -0.2) is 6.61 Å². The van der Waals surface area contributed by atoms with Crippen LogP contribution in [0.5, 0.6) is 5.75 Å². The van der Waals surface area contributed by atoms with Crippen molar-refractivity contribution >= 4 is 0 Å². The molecular formula is C36H44F4O. The summed E-state index contributed by atoms with van der Waals surface area (Å²) in [6, 6.07) is 12.7. The first-order valence-electron chi connectivity index (χ1n) is 15.6. The molecule has 1 saturated carbocycles. The molecule has 0 bridgehead atoms. The molecule has 0 amide bonds. The zero-order valence-corrected chi connectivity index (χ0v) is 24.6. The van der Waals surface area contributed by atoms with Gasteiger partial charge in [0.25, 0.3) is 0 Å². The maximum atomic E-state index is 15.2. The predicted octanol–water partition coefficient (Wildman–Crippen LogP) is 11.8. The summed E-state index contributed by atoms with van der Waals surface area (Å²) in [6.45, 7) is 4.72. The molecular weight excluding hydrogens is 524 g/mol. The zero-order chi connectivity index (χ0) is 29.2. The van der Waals surface area contributed by atoms with Crippen LogP contribution in [0.4, 0.5) is 17.6 Å². The van der Waals surface area contributed by atoms with Gasteiger partial charge < -0.3 is 4.74 Å². The molecule has 41 heavy (non-hydrogen) atoms. The Morgan fingerprint density at radius 3 is 1.76 bits per heavy atom. The van der Waals surface area contributed by atoms with Gasteiger partial charge in [-0.05, 0) is 72.8 Å². The number of hydrogen-bond acceptors (Lipinski definition) is 1. The molecule has 0 radical (unpaired) electrons. The van der Waals surface area contributed by atoms with Gasteiger partial charge in [-0.3, -0.25) is 0 Å². The molecule has 0 aromatic heterocycles. The number of hydrogen-bond donors (Lipinski definition) is 0. The minimum absolute atomic E-state index is 0.0504. The quantitative estimate of drug-likeness (QED) is 0.139. The predicted molar refractivity (Wildman–Crippen MR) is 160 cm³/mol. The normalized spacial score (nSPS) is 17.1. The number of benzene rings is 3. The summed E-state index contributed by atoms with van der Waals surface area (Å²) >= 11 is 0. The van der Waals surface area contributed by atoms with E-state index in [2.05, 4.69) is 13.8 Å². The van der Waals surface area contributed by atoms with E-state index in [1.807, 2.05) is 0 Å². The number of ether oxygens (including phenoxy) is 1. The Kier molecular flexibility index (Phi) is 11.7. The van der Waals surface area contributed by atoms with Gasteiger partial charge in [0.15, 0.2) is 23.2 Å². The molecule has 1 nitrogen and oxygen atoms in total. The molecule has 0 N–H and O–H groups in total. The summed E-state index contributed by atoms with van der Waals surface area (Å²) in [4.78, 5) is 0. The van der Waals surface area contributed by atoms with E-state index in [0.29, 0.717) is 29.2 Å². The topological polar surface area (TPSA) is 9.23 Å². The molecule has 4 rings (SSSR count). The number of halogens is 4. The third-order valence-electron chi connectivity index (χ3n) is 8.65. The van der Waals surface area contributed by atoms with Crippen LogP contribution in [-0.2, 0) is 0 Å². The Balaban J connectivity index is 1.39. The second-order valence-electron chi connectivity index (χ2n) is 11.6. The molecule has 3 aromatic rings. The lowest BCUT2D eigenvalue weighted by molar-refractivity contribution is 0.285. The van der Waals surface area contributed by atoms with E-state index in [9.17, 15) is 8.78 Å². The fourth-order valence-electron chi connectivity index (χ4n) is 6.21. The van der Waals surface area contributed by atoms with Gasteiger partial charge in [-0.2, -0.15) is 4.39 Å². The van der Waals surface area contributed by atoms with Crippen LogP contribution < -0.4 is 4.74 Å². The second-order valence-corrected chi connectivity index (χ2v) is 11.6. The van der Waals surface area contributed by atoms with Crippen molar-refractivity contribution in [1.82, 2.24) is 0 Å². The van der Waals surface area contributed by atoms with Gasteiger partial charge in [0.2, 0.25) is 5.82 Å². The maximum absolute atomic E-state index is 15.2. The second kappa shape index (κ2) is 15.4. The maximum Gasteiger partial charge on any atom is 0.201 e. The van der Waals surface area contributed by atoms with E-state index in [4.69, 9.17) is 4.74 Å². The van der Waals surface area contributed by atoms with Gasteiger partial charge in [-0.15, -0.1) is 0 Å². The van der Waals surface area contributed by atoms with Crippen molar-refractivity contribution in [3.8, 4) is 28.0 Å². The Hall–Kier alpha value is -2.82. The van der Waals surface area contributed by atoms with Crippen molar-refractivity contribution in [1.29, 1.82) is 0 Å². The molecule has 0 unspecified atom stereocenters. The fraction of sp³-hybridized carbons (Fsp3) is 0.500. The number of unbranched alkanes of at least 4 members (excludes halogenated alkanes) is 6. The molecule has 222 valence electrons. The average molecular weight is 569 g/mol. The summed E-state index contributed by atoms with van der Waals surface area (Å²) in [5.41, 5.74) is 1.66. The molecule has 1 fully saturated rings. The van der Waals surface area contributed by atoms with Gasteiger partial charge in [-0.25, -0.2) is 13.2 Å². The van der Waals surface area contributed by atoms with Gasteiger partial charge in [0.05, 0.1) is 6.61 Å². The van der Waals surface area contributed by atoms with Crippen molar-refractivity contribution < 1.29 is 22.3 Å².